The lowest BCUT2D eigenvalue weighted by molar-refractivity contribution is 0.129. The quantitative estimate of drug-likeness (QED) is 0.701. The first-order valence-corrected chi connectivity index (χ1v) is 5.35. The number of hydrogen-bond acceptors (Lipinski definition) is 3. The van der Waals surface area contributed by atoms with Crippen LogP contribution in [0.2, 0.25) is 0 Å². The predicted molar refractivity (Wildman–Crippen MR) is 61.2 cm³/mol. The maximum Gasteiger partial charge on any atom is 0.0446 e. The molecule has 0 radical (unpaired) electrons. The molecule has 0 aromatic rings. The van der Waals surface area contributed by atoms with Crippen molar-refractivity contribution in [1.29, 1.82) is 0 Å². The fourth-order valence-electron chi connectivity index (χ4n) is 1.45. The van der Waals surface area contributed by atoms with E-state index in [1.807, 2.05) is 0 Å². The second-order valence-corrected chi connectivity index (χ2v) is 5.25. The van der Waals surface area contributed by atoms with Crippen LogP contribution >= 0.6 is 0 Å². The van der Waals surface area contributed by atoms with Crippen LogP contribution in [0, 0.1) is 5.41 Å². The zero-order chi connectivity index (χ0) is 11.4. The van der Waals surface area contributed by atoms with Gasteiger partial charge in [-0.1, -0.05) is 20.8 Å². The van der Waals surface area contributed by atoms with Gasteiger partial charge in [0.05, 0.1) is 0 Å². The van der Waals surface area contributed by atoms with Crippen molar-refractivity contribution in [2.24, 2.45) is 11.1 Å². The monoisotopic (exact) mass is 202 g/mol. The average Bonchev–Trinajstić information content (AvgIpc) is 2.01. The van der Waals surface area contributed by atoms with Crippen molar-refractivity contribution in [1.82, 2.24) is 4.90 Å². The summed E-state index contributed by atoms with van der Waals surface area (Å²) in [4.78, 5) is 2.26. The third-order valence-electron chi connectivity index (χ3n) is 2.94. The molecule has 2 atom stereocenters. The number of nitrogens with two attached hydrogens (primary N) is 1. The fourth-order valence-corrected chi connectivity index (χ4v) is 1.45. The van der Waals surface area contributed by atoms with Gasteiger partial charge in [0.1, 0.15) is 0 Å². The Bertz CT molecular complexity index is 154. The molecule has 0 amide bonds. The summed E-state index contributed by atoms with van der Waals surface area (Å²) in [6.45, 7) is 9.92. The number of aliphatic hydroxyl groups excluding tert-OH is 1. The highest BCUT2D eigenvalue weighted by Crippen LogP contribution is 2.22. The summed E-state index contributed by atoms with van der Waals surface area (Å²) in [5, 5.41) is 8.75. The zero-order valence-corrected chi connectivity index (χ0v) is 10.2. The SMILES string of the molecule is CC(N(C)CC(N)CCO)C(C)(C)C. The van der Waals surface area contributed by atoms with E-state index >= 15 is 0 Å². The van der Waals surface area contributed by atoms with Gasteiger partial charge in [0.15, 0.2) is 0 Å². The molecule has 14 heavy (non-hydrogen) atoms. The van der Waals surface area contributed by atoms with Crippen molar-refractivity contribution >= 4 is 0 Å². The Morgan fingerprint density at radius 1 is 1.36 bits per heavy atom. The minimum atomic E-state index is 0.0785. The molecule has 0 aliphatic heterocycles. The molecule has 0 aromatic heterocycles. The minimum absolute atomic E-state index is 0.0785. The van der Waals surface area contributed by atoms with E-state index in [0.717, 1.165) is 6.54 Å². The van der Waals surface area contributed by atoms with E-state index in [-0.39, 0.29) is 18.1 Å². The van der Waals surface area contributed by atoms with Crippen LogP contribution in [0.25, 0.3) is 0 Å². The molecule has 0 spiro atoms. The largest absolute Gasteiger partial charge is 0.396 e. The molecule has 0 saturated heterocycles. The topological polar surface area (TPSA) is 49.5 Å². The van der Waals surface area contributed by atoms with E-state index < -0.39 is 0 Å². The molecule has 86 valence electrons. The molecule has 3 heteroatoms. The standard InChI is InChI=1S/C11H26N2O/c1-9(11(2,3)4)13(5)8-10(12)6-7-14/h9-10,14H,6-8,12H2,1-5H3. The van der Waals surface area contributed by atoms with Gasteiger partial charge in [0.25, 0.3) is 0 Å². The number of rotatable bonds is 5. The summed E-state index contributed by atoms with van der Waals surface area (Å²) in [5.74, 6) is 0. The summed E-state index contributed by atoms with van der Waals surface area (Å²) < 4.78 is 0. The van der Waals surface area contributed by atoms with Gasteiger partial charge in [-0.15, -0.1) is 0 Å². The first-order chi connectivity index (χ1) is 6.29. The molecule has 0 fully saturated rings. The highest BCUT2D eigenvalue weighted by Gasteiger charge is 2.24. The molecule has 0 rings (SSSR count). The molecule has 3 N–H and O–H groups in total. The summed E-state index contributed by atoms with van der Waals surface area (Å²) in [7, 11) is 2.09. The molecular weight excluding hydrogens is 176 g/mol. The maximum absolute atomic E-state index is 8.75. The number of aliphatic hydroxyl groups is 1. The predicted octanol–water partition coefficient (Wildman–Crippen LogP) is 1.06. The van der Waals surface area contributed by atoms with Crippen LogP contribution in [-0.2, 0) is 0 Å². The lowest BCUT2D eigenvalue weighted by Gasteiger charge is -2.36. The van der Waals surface area contributed by atoms with Crippen LogP contribution in [0.4, 0.5) is 0 Å². The Morgan fingerprint density at radius 3 is 2.21 bits per heavy atom. The van der Waals surface area contributed by atoms with Gasteiger partial charge in [0.2, 0.25) is 0 Å². The smallest absolute Gasteiger partial charge is 0.0446 e. The second-order valence-electron chi connectivity index (χ2n) is 5.25. The molecule has 0 saturated carbocycles. The van der Waals surface area contributed by atoms with E-state index in [4.69, 9.17) is 10.8 Å². The van der Waals surface area contributed by atoms with Gasteiger partial charge in [-0.3, -0.25) is 0 Å². The van der Waals surface area contributed by atoms with E-state index in [1.54, 1.807) is 0 Å². The summed E-state index contributed by atoms with van der Waals surface area (Å²) >= 11 is 0. The first-order valence-electron chi connectivity index (χ1n) is 5.35. The van der Waals surface area contributed by atoms with Crippen molar-refractivity contribution in [3.8, 4) is 0 Å². The van der Waals surface area contributed by atoms with Crippen molar-refractivity contribution in [2.45, 2.75) is 46.2 Å². The highest BCUT2D eigenvalue weighted by atomic mass is 16.3. The Kier molecular flexibility index (Phi) is 5.64. The Labute approximate surface area is 88.3 Å². The maximum atomic E-state index is 8.75. The van der Waals surface area contributed by atoms with Crippen molar-refractivity contribution < 1.29 is 5.11 Å². The average molecular weight is 202 g/mol. The van der Waals surface area contributed by atoms with Crippen molar-refractivity contribution in [3.63, 3.8) is 0 Å². The van der Waals surface area contributed by atoms with E-state index in [9.17, 15) is 0 Å². The van der Waals surface area contributed by atoms with Crippen LogP contribution in [0.15, 0.2) is 0 Å². The van der Waals surface area contributed by atoms with Crippen LogP contribution in [0.1, 0.15) is 34.1 Å². The molecule has 0 bridgehead atoms. The zero-order valence-electron chi connectivity index (χ0n) is 10.2. The first kappa shape index (κ1) is 13.9. The van der Waals surface area contributed by atoms with Gasteiger partial charge >= 0.3 is 0 Å². The van der Waals surface area contributed by atoms with Gasteiger partial charge in [-0.2, -0.15) is 0 Å². The molecule has 0 heterocycles. The minimum Gasteiger partial charge on any atom is -0.396 e. The second kappa shape index (κ2) is 5.69. The lowest BCUT2D eigenvalue weighted by atomic mass is 9.87. The summed E-state index contributed by atoms with van der Waals surface area (Å²) in [6.07, 6.45) is 0.682. The Balaban J connectivity index is 4.01. The van der Waals surface area contributed by atoms with Gasteiger partial charge < -0.3 is 15.7 Å². The Hall–Kier alpha value is -0.120. The third kappa shape index (κ3) is 4.94. The third-order valence-corrected chi connectivity index (χ3v) is 2.94. The number of likely N-dealkylation sites (N-methyl/N-ethyl adjacent to an activating group) is 1. The molecule has 2 unspecified atom stereocenters. The fraction of sp³-hybridized carbons (Fsp3) is 1.00. The van der Waals surface area contributed by atoms with Crippen LogP contribution in [0.3, 0.4) is 0 Å². The van der Waals surface area contributed by atoms with Gasteiger partial charge in [0, 0.05) is 25.2 Å². The van der Waals surface area contributed by atoms with E-state index in [0.29, 0.717) is 12.5 Å². The number of hydrogen-bond donors (Lipinski definition) is 2. The molecule has 3 nitrogen and oxygen atoms in total. The normalized spacial score (nSPS) is 17.1. The van der Waals surface area contributed by atoms with E-state index in [1.165, 1.54) is 0 Å². The summed E-state index contributed by atoms with van der Waals surface area (Å²) in [6, 6.07) is 0.571. The van der Waals surface area contributed by atoms with Crippen LogP contribution in [0.5, 0.6) is 0 Å². The molecular formula is C11H26N2O. The summed E-state index contributed by atoms with van der Waals surface area (Å²) in [5.41, 5.74) is 6.14. The molecule has 0 aliphatic rings. The van der Waals surface area contributed by atoms with Crippen LogP contribution < -0.4 is 5.73 Å². The lowest BCUT2D eigenvalue weighted by Crippen LogP contribution is -2.45. The van der Waals surface area contributed by atoms with Gasteiger partial charge in [-0.25, -0.2) is 0 Å². The van der Waals surface area contributed by atoms with Crippen molar-refractivity contribution in [3.05, 3.63) is 0 Å². The van der Waals surface area contributed by atoms with Crippen LogP contribution in [-0.4, -0.2) is 42.3 Å². The van der Waals surface area contributed by atoms with Crippen molar-refractivity contribution in [2.75, 3.05) is 20.2 Å². The van der Waals surface area contributed by atoms with E-state index in [2.05, 4.69) is 39.6 Å². The van der Waals surface area contributed by atoms with Gasteiger partial charge in [-0.05, 0) is 25.8 Å². The number of nitrogens with zero attached hydrogens (tertiary/aromatic N) is 1. The Morgan fingerprint density at radius 2 is 1.86 bits per heavy atom. The molecule has 0 aliphatic carbocycles. The highest BCUT2D eigenvalue weighted by molar-refractivity contribution is 4.79. The molecule has 0 aromatic carbocycles.